The first-order valence-electron chi connectivity index (χ1n) is 6.04. The van der Waals surface area contributed by atoms with Gasteiger partial charge in [-0.25, -0.2) is 10.8 Å². The van der Waals surface area contributed by atoms with Crippen molar-refractivity contribution in [2.24, 2.45) is 5.84 Å². The van der Waals surface area contributed by atoms with Crippen molar-refractivity contribution in [3.8, 4) is 5.88 Å². The fourth-order valence-corrected chi connectivity index (χ4v) is 1.26. The summed E-state index contributed by atoms with van der Waals surface area (Å²) in [5, 5.41) is 0. The van der Waals surface area contributed by atoms with Crippen molar-refractivity contribution in [3.05, 3.63) is 11.9 Å². The molecule has 1 rings (SSSR count). The Morgan fingerprint density at radius 2 is 2.00 bits per heavy atom. The van der Waals surface area contributed by atoms with Gasteiger partial charge in [0.2, 0.25) is 5.88 Å². The van der Waals surface area contributed by atoms with Crippen LogP contribution in [0.3, 0.4) is 0 Å². The summed E-state index contributed by atoms with van der Waals surface area (Å²) in [6, 6.07) is 1.67. The first kappa shape index (κ1) is 14.7. The minimum absolute atomic E-state index is 0.162. The van der Waals surface area contributed by atoms with Crippen LogP contribution in [-0.2, 0) is 10.2 Å². The second-order valence-electron chi connectivity index (χ2n) is 4.85. The van der Waals surface area contributed by atoms with E-state index in [4.69, 9.17) is 15.3 Å². The fraction of sp³-hybridized carbons (Fsp3) is 0.667. The zero-order valence-corrected chi connectivity index (χ0v) is 11.5. The van der Waals surface area contributed by atoms with Crippen LogP contribution in [0.5, 0.6) is 5.88 Å². The minimum atomic E-state index is -0.162. The SMILES string of the molecule is CCOCCOc1cc(NN)nc(C(C)(C)C)n1. The molecule has 0 spiro atoms. The average molecular weight is 254 g/mol. The molecule has 0 aliphatic heterocycles. The number of aromatic nitrogens is 2. The topological polar surface area (TPSA) is 82.3 Å². The normalized spacial score (nSPS) is 11.4. The van der Waals surface area contributed by atoms with E-state index >= 15 is 0 Å². The van der Waals surface area contributed by atoms with Crippen LogP contribution in [0.25, 0.3) is 0 Å². The van der Waals surface area contributed by atoms with E-state index in [1.54, 1.807) is 6.07 Å². The number of nitrogens with two attached hydrogens (primary N) is 1. The van der Waals surface area contributed by atoms with Gasteiger partial charge in [0.05, 0.1) is 6.61 Å². The monoisotopic (exact) mass is 254 g/mol. The van der Waals surface area contributed by atoms with Crippen molar-refractivity contribution in [2.45, 2.75) is 33.1 Å². The van der Waals surface area contributed by atoms with E-state index in [-0.39, 0.29) is 5.41 Å². The molecule has 0 bridgehead atoms. The quantitative estimate of drug-likeness (QED) is 0.454. The zero-order chi connectivity index (χ0) is 13.6. The van der Waals surface area contributed by atoms with Crippen LogP contribution in [0.4, 0.5) is 5.82 Å². The molecule has 18 heavy (non-hydrogen) atoms. The molecule has 6 nitrogen and oxygen atoms in total. The molecule has 1 aromatic heterocycles. The van der Waals surface area contributed by atoms with Gasteiger partial charge in [-0.2, -0.15) is 4.98 Å². The van der Waals surface area contributed by atoms with Crippen molar-refractivity contribution in [1.82, 2.24) is 9.97 Å². The largest absolute Gasteiger partial charge is 0.475 e. The van der Waals surface area contributed by atoms with Crippen LogP contribution < -0.4 is 16.0 Å². The molecule has 3 N–H and O–H groups in total. The molecule has 0 atom stereocenters. The van der Waals surface area contributed by atoms with Crippen LogP contribution in [-0.4, -0.2) is 29.8 Å². The Kier molecular flexibility index (Phi) is 5.30. The number of ether oxygens (including phenoxy) is 2. The molecule has 0 aliphatic carbocycles. The molecule has 0 saturated heterocycles. The summed E-state index contributed by atoms with van der Waals surface area (Å²) in [5.41, 5.74) is 2.36. The maximum absolute atomic E-state index is 5.51. The predicted octanol–water partition coefficient (Wildman–Crippen LogP) is 1.48. The first-order valence-corrected chi connectivity index (χ1v) is 6.04. The molecule has 0 saturated carbocycles. The Morgan fingerprint density at radius 1 is 1.28 bits per heavy atom. The molecule has 0 aromatic carbocycles. The lowest BCUT2D eigenvalue weighted by atomic mass is 9.96. The Labute approximate surface area is 108 Å². The lowest BCUT2D eigenvalue weighted by Crippen LogP contribution is -2.19. The van der Waals surface area contributed by atoms with Crippen molar-refractivity contribution in [2.75, 3.05) is 25.2 Å². The third-order valence-electron chi connectivity index (χ3n) is 2.20. The Hall–Kier alpha value is -1.40. The van der Waals surface area contributed by atoms with Crippen LogP contribution in [0, 0.1) is 0 Å². The molecule has 0 radical (unpaired) electrons. The number of hydrazine groups is 1. The highest BCUT2D eigenvalue weighted by Crippen LogP contribution is 2.22. The van der Waals surface area contributed by atoms with E-state index < -0.39 is 0 Å². The highest BCUT2D eigenvalue weighted by Gasteiger charge is 2.19. The highest BCUT2D eigenvalue weighted by molar-refractivity contribution is 5.37. The maximum Gasteiger partial charge on any atom is 0.218 e. The molecule has 102 valence electrons. The Bertz CT molecular complexity index is 377. The van der Waals surface area contributed by atoms with E-state index in [0.29, 0.717) is 37.3 Å². The zero-order valence-electron chi connectivity index (χ0n) is 11.5. The van der Waals surface area contributed by atoms with E-state index in [1.807, 2.05) is 27.7 Å². The van der Waals surface area contributed by atoms with Crippen LogP contribution in [0.1, 0.15) is 33.5 Å². The molecular weight excluding hydrogens is 232 g/mol. The molecule has 6 heteroatoms. The van der Waals surface area contributed by atoms with Crippen molar-refractivity contribution in [1.29, 1.82) is 0 Å². The number of hydrogen-bond acceptors (Lipinski definition) is 6. The summed E-state index contributed by atoms with van der Waals surface area (Å²) in [4.78, 5) is 8.67. The van der Waals surface area contributed by atoms with Gasteiger partial charge in [-0.05, 0) is 6.92 Å². The first-order chi connectivity index (χ1) is 8.47. The van der Waals surface area contributed by atoms with E-state index in [2.05, 4.69) is 15.4 Å². The summed E-state index contributed by atoms with van der Waals surface area (Å²) in [5.74, 6) is 7.12. The van der Waals surface area contributed by atoms with Gasteiger partial charge in [0.1, 0.15) is 18.2 Å². The van der Waals surface area contributed by atoms with Crippen molar-refractivity contribution < 1.29 is 9.47 Å². The number of rotatable bonds is 6. The molecule has 0 aliphatic rings. The third-order valence-corrected chi connectivity index (χ3v) is 2.20. The number of hydrogen-bond donors (Lipinski definition) is 2. The van der Waals surface area contributed by atoms with Gasteiger partial charge in [-0.15, -0.1) is 0 Å². The van der Waals surface area contributed by atoms with Gasteiger partial charge in [0.25, 0.3) is 0 Å². The Balaban J connectivity index is 2.78. The van der Waals surface area contributed by atoms with Gasteiger partial charge < -0.3 is 14.9 Å². The van der Waals surface area contributed by atoms with Crippen molar-refractivity contribution >= 4 is 5.82 Å². The third kappa shape index (κ3) is 4.46. The molecule has 0 fully saturated rings. The van der Waals surface area contributed by atoms with E-state index in [9.17, 15) is 0 Å². The Morgan fingerprint density at radius 3 is 2.56 bits per heavy atom. The van der Waals surface area contributed by atoms with Gasteiger partial charge in [-0.1, -0.05) is 20.8 Å². The molecule has 1 aromatic rings. The summed E-state index contributed by atoms with van der Waals surface area (Å²) >= 11 is 0. The highest BCUT2D eigenvalue weighted by atomic mass is 16.5. The summed E-state index contributed by atoms with van der Waals surface area (Å²) < 4.78 is 10.7. The minimum Gasteiger partial charge on any atom is -0.475 e. The maximum atomic E-state index is 5.51. The van der Waals surface area contributed by atoms with Gasteiger partial charge in [-0.3, -0.25) is 0 Å². The number of nitrogen functional groups attached to an aromatic ring is 1. The number of anilines is 1. The standard InChI is InChI=1S/C12H22N4O2/c1-5-17-6-7-18-10-8-9(16-13)14-11(15-10)12(2,3)4/h8H,5-7,13H2,1-4H3,(H,14,15,16). The molecule has 0 amide bonds. The second kappa shape index (κ2) is 6.51. The molecular formula is C12H22N4O2. The fourth-order valence-electron chi connectivity index (χ4n) is 1.26. The smallest absolute Gasteiger partial charge is 0.218 e. The predicted molar refractivity (Wildman–Crippen MR) is 70.5 cm³/mol. The molecule has 1 heterocycles. The van der Waals surface area contributed by atoms with Gasteiger partial charge in [0, 0.05) is 18.1 Å². The number of nitrogens with one attached hydrogen (secondary N) is 1. The van der Waals surface area contributed by atoms with E-state index in [1.165, 1.54) is 0 Å². The van der Waals surface area contributed by atoms with E-state index in [0.717, 1.165) is 0 Å². The van der Waals surface area contributed by atoms with Crippen LogP contribution in [0.2, 0.25) is 0 Å². The van der Waals surface area contributed by atoms with Crippen molar-refractivity contribution in [3.63, 3.8) is 0 Å². The summed E-state index contributed by atoms with van der Waals surface area (Å²) in [6.45, 7) is 9.72. The second-order valence-corrected chi connectivity index (χ2v) is 4.85. The average Bonchev–Trinajstić information content (AvgIpc) is 2.33. The van der Waals surface area contributed by atoms with Crippen LogP contribution >= 0.6 is 0 Å². The summed E-state index contributed by atoms with van der Waals surface area (Å²) in [6.07, 6.45) is 0. The summed E-state index contributed by atoms with van der Waals surface area (Å²) in [7, 11) is 0. The van der Waals surface area contributed by atoms with Gasteiger partial charge >= 0.3 is 0 Å². The lowest BCUT2D eigenvalue weighted by Gasteiger charge is -2.18. The number of nitrogens with zero attached hydrogens (tertiary/aromatic N) is 2. The lowest BCUT2D eigenvalue weighted by molar-refractivity contribution is 0.108. The molecule has 0 unspecified atom stereocenters. The van der Waals surface area contributed by atoms with Gasteiger partial charge in [0.15, 0.2) is 0 Å². The van der Waals surface area contributed by atoms with Crippen LogP contribution in [0.15, 0.2) is 6.07 Å².